The highest BCUT2D eigenvalue weighted by Crippen LogP contribution is 2.23. The quantitative estimate of drug-likeness (QED) is 0.829. The lowest BCUT2D eigenvalue weighted by Crippen LogP contribution is -2.01. The summed E-state index contributed by atoms with van der Waals surface area (Å²) in [5.74, 6) is -0.120. The first-order valence-electron chi connectivity index (χ1n) is 6.45. The normalized spacial score (nSPS) is 10.7. The Balaban J connectivity index is 2.18. The predicted molar refractivity (Wildman–Crippen MR) is 78.8 cm³/mol. The summed E-state index contributed by atoms with van der Waals surface area (Å²) in [7, 11) is 1.85. The first-order chi connectivity index (χ1) is 9.61. The lowest BCUT2D eigenvalue weighted by Gasteiger charge is -2.04. The number of hydrogen-bond acceptors (Lipinski definition) is 4. The van der Waals surface area contributed by atoms with Crippen molar-refractivity contribution < 1.29 is 9.90 Å². The van der Waals surface area contributed by atoms with Crippen LogP contribution in [0.4, 0.5) is 0 Å². The average Bonchev–Trinajstić information content (AvgIpc) is 2.79. The summed E-state index contributed by atoms with van der Waals surface area (Å²) in [5, 5.41) is 17.5. The number of aryl methyl sites for hydroxylation is 1. The number of thioether (sulfide) groups is 1. The number of rotatable bonds is 6. The van der Waals surface area contributed by atoms with E-state index in [4.69, 9.17) is 5.11 Å². The van der Waals surface area contributed by atoms with Crippen molar-refractivity contribution in [3.63, 3.8) is 0 Å². The van der Waals surface area contributed by atoms with Crippen molar-refractivity contribution in [2.75, 3.05) is 5.75 Å². The van der Waals surface area contributed by atoms with Gasteiger partial charge in [-0.15, -0.1) is 10.2 Å². The molecule has 0 aliphatic rings. The van der Waals surface area contributed by atoms with Gasteiger partial charge in [0.25, 0.3) is 0 Å². The molecular weight excluding hydrogens is 274 g/mol. The fourth-order valence-electron chi connectivity index (χ4n) is 1.93. The average molecular weight is 291 g/mol. The molecule has 0 amide bonds. The van der Waals surface area contributed by atoms with Gasteiger partial charge in [0.1, 0.15) is 0 Å². The van der Waals surface area contributed by atoms with E-state index in [2.05, 4.69) is 29.3 Å². The second kappa shape index (κ2) is 6.56. The molecular formula is C14H17N3O2S. The van der Waals surface area contributed by atoms with E-state index in [9.17, 15) is 4.79 Å². The maximum Gasteiger partial charge on any atom is 0.313 e. The van der Waals surface area contributed by atoms with Gasteiger partial charge in [0.2, 0.25) is 0 Å². The Bertz CT molecular complexity index is 593. The fraction of sp³-hybridized carbons (Fsp3) is 0.357. The number of aromatic nitrogens is 3. The van der Waals surface area contributed by atoms with Crippen LogP contribution in [0.25, 0.3) is 11.4 Å². The Hall–Kier alpha value is -1.82. The molecule has 0 aliphatic carbocycles. The lowest BCUT2D eigenvalue weighted by atomic mass is 10.1. The maximum atomic E-state index is 10.6. The zero-order chi connectivity index (χ0) is 14.5. The molecule has 1 heterocycles. The van der Waals surface area contributed by atoms with E-state index in [1.54, 1.807) is 0 Å². The van der Waals surface area contributed by atoms with Crippen LogP contribution in [0.3, 0.4) is 0 Å². The molecule has 1 aromatic carbocycles. The van der Waals surface area contributed by atoms with E-state index in [1.807, 2.05) is 23.7 Å². The van der Waals surface area contributed by atoms with Gasteiger partial charge in [-0.2, -0.15) is 0 Å². The molecule has 2 rings (SSSR count). The minimum absolute atomic E-state index is 0.0125. The SMILES string of the molecule is CCCc1ccc(-c2nnc(SCC(=O)O)n2C)cc1. The number of hydrogen-bond donors (Lipinski definition) is 1. The molecule has 0 aliphatic heterocycles. The Morgan fingerprint density at radius 1 is 1.30 bits per heavy atom. The minimum Gasteiger partial charge on any atom is -0.481 e. The van der Waals surface area contributed by atoms with Gasteiger partial charge >= 0.3 is 5.97 Å². The Morgan fingerprint density at radius 3 is 2.60 bits per heavy atom. The summed E-state index contributed by atoms with van der Waals surface area (Å²) in [5.41, 5.74) is 2.29. The predicted octanol–water partition coefficient (Wildman–Crippen LogP) is 2.61. The molecule has 0 saturated heterocycles. The summed E-state index contributed by atoms with van der Waals surface area (Å²) in [6, 6.07) is 8.25. The maximum absolute atomic E-state index is 10.6. The molecule has 2 aromatic rings. The first-order valence-corrected chi connectivity index (χ1v) is 7.43. The number of nitrogens with zero attached hydrogens (tertiary/aromatic N) is 3. The van der Waals surface area contributed by atoms with Gasteiger partial charge in [0, 0.05) is 12.6 Å². The molecule has 1 aromatic heterocycles. The Kier molecular flexibility index (Phi) is 4.79. The minimum atomic E-state index is -0.858. The number of aliphatic carboxylic acids is 1. The summed E-state index contributed by atoms with van der Waals surface area (Å²) in [4.78, 5) is 10.6. The third kappa shape index (κ3) is 3.39. The highest BCUT2D eigenvalue weighted by molar-refractivity contribution is 7.99. The van der Waals surface area contributed by atoms with Gasteiger partial charge < -0.3 is 9.67 Å². The highest BCUT2D eigenvalue weighted by Gasteiger charge is 2.12. The number of benzene rings is 1. The smallest absolute Gasteiger partial charge is 0.313 e. The molecule has 5 nitrogen and oxygen atoms in total. The van der Waals surface area contributed by atoms with Crippen LogP contribution < -0.4 is 0 Å². The van der Waals surface area contributed by atoms with Crippen molar-refractivity contribution >= 4 is 17.7 Å². The van der Waals surface area contributed by atoms with Gasteiger partial charge in [0.15, 0.2) is 11.0 Å². The lowest BCUT2D eigenvalue weighted by molar-refractivity contribution is -0.133. The van der Waals surface area contributed by atoms with Crippen LogP contribution >= 0.6 is 11.8 Å². The third-order valence-electron chi connectivity index (χ3n) is 2.91. The van der Waals surface area contributed by atoms with Gasteiger partial charge in [-0.1, -0.05) is 49.4 Å². The standard InChI is InChI=1S/C14H17N3O2S/c1-3-4-10-5-7-11(8-6-10)13-15-16-14(17(13)2)20-9-12(18)19/h5-8H,3-4,9H2,1-2H3,(H,18,19). The van der Waals surface area contributed by atoms with E-state index in [0.717, 1.165) is 24.2 Å². The summed E-state index contributed by atoms with van der Waals surface area (Å²) in [6.07, 6.45) is 2.19. The Morgan fingerprint density at radius 2 is 2.00 bits per heavy atom. The van der Waals surface area contributed by atoms with E-state index in [-0.39, 0.29) is 5.75 Å². The van der Waals surface area contributed by atoms with Crippen LogP contribution in [0.1, 0.15) is 18.9 Å². The van der Waals surface area contributed by atoms with Crippen molar-refractivity contribution in [2.24, 2.45) is 7.05 Å². The van der Waals surface area contributed by atoms with Gasteiger partial charge in [-0.25, -0.2) is 0 Å². The van der Waals surface area contributed by atoms with Crippen LogP contribution in [0.15, 0.2) is 29.4 Å². The van der Waals surface area contributed by atoms with Crippen molar-refractivity contribution in [1.82, 2.24) is 14.8 Å². The molecule has 0 atom stereocenters. The van der Waals surface area contributed by atoms with Gasteiger partial charge in [-0.05, 0) is 12.0 Å². The number of carbonyl (C=O) groups is 1. The molecule has 6 heteroatoms. The van der Waals surface area contributed by atoms with Crippen molar-refractivity contribution in [3.8, 4) is 11.4 Å². The van der Waals surface area contributed by atoms with E-state index < -0.39 is 5.97 Å². The molecule has 20 heavy (non-hydrogen) atoms. The molecule has 0 bridgehead atoms. The van der Waals surface area contributed by atoms with Crippen LogP contribution in [0, 0.1) is 0 Å². The summed E-state index contributed by atoms with van der Waals surface area (Å²) < 4.78 is 1.82. The first kappa shape index (κ1) is 14.6. The van der Waals surface area contributed by atoms with E-state index in [0.29, 0.717) is 5.16 Å². The zero-order valence-electron chi connectivity index (χ0n) is 11.5. The molecule has 0 radical (unpaired) electrons. The van der Waals surface area contributed by atoms with Crippen LogP contribution in [-0.4, -0.2) is 31.6 Å². The van der Waals surface area contributed by atoms with Crippen molar-refractivity contribution in [2.45, 2.75) is 24.9 Å². The second-order valence-corrected chi connectivity index (χ2v) is 5.44. The number of carboxylic acid groups (broad SMARTS) is 1. The van der Waals surface area contributed by atoms with E-state index in [1.165, 1.54) is 17.3 Å². The highest BCUT2D eigenvalue weighted by atomic mass is 32.2. The van der Waals surface area contributed by atoms with Crippen molar-refractivity contribution in [1.29, 1.82) is 0 Å². The zero-order valence-corrected chi connectivity index (χ0v) is 12.4. The topological polar surface area (TPSA) is 68.0 Å². The monoisotopic (exact) mass is 291 g/mol. The van der Waals surface area contributed by atoms with Gasteiger partial charge in [-0.3, -0.25) is 4.79 Å². The molecule has 0 spiro atoms. The second-order valence-electron chi connectivity index (χ2n) is 4.49. The summed E-state index contributed by atoms with van der Waals surface area (Å²) >= 11 is 1.17. The van der Waals surface area contributed by atoms with Crippen LogP contribution in [0.5, 0.6) is 0 Å². The van der Waals surface area contributed by atoms with Crippen LogP contribution in [-0.2, 0) is 18.3 Å². The molecule has 106 valence electrons. The van der Waals surface area contributed by atoms with Crippen molar-refractivity contribution in [3.05, 3.63) is 29.8 Å². The van der Waals surface area contributed by atoms with Gasteiger partial charge in [0.05, 0.1) is 5.75 Å². The Labute approximate surface area is 122 Å². The molecule has 0 fully saturated rings. The third-order valence-corrected chi connectivity index (χ3v) is 3.92. The van der Waals surface area contributed by atoms with Crippen LogP contribution in [0.2, 0.25) is 0 Å². The molecule has 0 unspecified atom stereocenters. The summed E-state index contributed by atoms with van der Waals surface area (Å²) in [6.45, 7) is 2.16. The van der Waals surface area contributed by atoms with E-state index >= 15 is 0 Å². The molecule has 0 saturated carbocycles. The molecule has 1 N–H and O–H groups in total. The fourth-order valence-corrected chi connectivity index (χ4v) is 2.56. The largest absolute Gasteiger partial charge is 0.481 e. The number of carboxylic acids is 1.